The van der Waals surface area contributed by atoms with Crippen LogP contribution in [-0.2, 0) is 6.54 Å². The Morgan fingerprint density at radius 2 is 2.00 bits per heavy atom. The van der Waals surface area contributed by atoms with E-state index in [9.17, 15) is 5.11 Å². The molecule has 0 saturated carbocycles. The smallest absolute Gasteiger partial charge is 0.146 e. The van der Waals surface area contributed by atoms with Gasteiger partial charge in [0.15, 0.2) is 0 Å². The standard InChI is InChI=1S/C14H16N2O/c17-14-12(10-16-8-1-2-9-16)6-5-11-4-3-7-15-13(11)14/h3-7,17H,1-2,8-10H2. The van der Waals surface area contributed by atoms with Crippen LogP contribution < -0.4 is 0 Å². The highest BCUT2D eigenvalue weighted by molar-refractivity contribution is 5.85. The summed E-state index contributed by atoms with van der Waals surface area (Å²) in [6.07, 6.45) is 4.26. The van der Waals surface area contributed by atoms with Crippen molar-refractivity contribution in [1.29, 1.82) is 0 Å². The molecule has 3 heteroatoms. The first-order chi connectivity index (χ1) is 8.34. The molecule has 1 saturated heterocycles. The van der Waals surface area contributed by atoms with Crippen LogP contribution in [0.4, 0.5) is 0 Å². The number of aromatic nitrogens is 1. The monoisotopic (exact) mass is 228 g/mol. The van der Waals surface area contributed by atoms with Gasteiger partial charge >= 0.3 is 0 Å². The Labute approximate surface area is 101 Å². The molecule has 0 spiro atoms. The number of nitrogens with zero attached hydrogens (tertiary/aromatic N) is 2. The fourth-order valence-electron chi connectivity index (χ4n) is 2.48. The SMILES string of the molecule is Oc1c(CN2CCCC2)ccc2cccnc12. The summed E-state index contributed by atoms with van der Waals surface area (Å²) in [4.78, 5) is 6.63. The lowest BCUT2D eigenvalue weighted by Crippen LogP contribution is -2.18. The zero-order chi connectivity index (χ0) is 11.7. The molecule has 1 aromatic carbocycles. The first-order valence-corrected chi connectivity index (χ1v) is 6.12. The highest BCUT2D eigenvalue weighted by atomic mass is 16.3. The van der Waals surface area contributed by atoms with Crippen molar-refractivity contribution in [2.75, 3.05) is 13.1 Å². The summed E-state index contributed by atoms with van der Waals surface area (Å²) in [5.41, 5.74) is 1.70. The second-order valence-corrected chi connectivity index (χ2v) is 4.63. The molecule has 0 aliphatic carbocycles. The first-order valence-electron chi connectivity index (χ1n) is 6.12. The largest absolute Gasteiger partial charge is 0.505 e. The summed E-state index contributed by atoms with van der Waals surface area (Å²) >= 11 is 0. The van der Waals surface area contributed by atoms with Gasteiger partial charge in [-0.1, -0.05) is 18.2 Å². The maximum absolute atomic E-state index is 10.2. The third-order valence-electron chi connectivity index (χ3n) is 3.42. The third kappa shape index (κ3) is 1.98. The number of aromatic hydroxyl groups is 1. The summed E-state index contributed by atoms with van der Waals surface area (Å²) in [5.74, 6) is 0.343. The molecule has 0 amide bonds. The van der Waals surface area contributed by atoms with E-state index < -0.39 is 0 Å². The second kappa shape index (κ2) is 4.34. The number of fused-ring (bicyclic) bond motifs is 1. The van der Waals surface area contributed by atoms with Crippen molar-refractivity contribution >= 4 is 10.9 Å². The molecule has 3 nitrogen and oxygen atoms in total. The minimum Gasteiger partial charge on any atom is -0.505 e. The Kier molecular flexibility index (Phi) is 2.69. The molecule has 17 heavy (non-hydrogen) atoms. The molecule has 1 aliphatic rings. The van der Waals surface area contributed by atoms with E-state index in [1.54, 1.807) is 6.20 Å². The average molecular weight is 228 g/mol. The normalized spacial score (nSPS) is 16.7. The molecule has 1 aromatic heterocycles. The Balaban J connectivity index is 1.96. The summed E-state index contributed by atoms with van der Waals surface area (Å²) < 4.78 is 0. The average Bonchev–Trinajstić information content (AvgIpc) is 2.86. The number of phenols is 1. The molecule has 1 fully saturated rings. The van der Waals surface area contributed by atoms with Crippen LogP contribution in [0.1, 0.15) is 18.4 Å². The van der Waals surface area contributed by atoms with Gasteiger partial charge in [-0.25, -0.2) is 0 Å². The number of hydrogen-bond donors (Lipinski definition) is 1. The molecule has 3 rings (SSSR count). The molecule has 0 bridgehead atoms. The minimum absolute atomic E-state index is 0.343. The lowest BCUT2D eigenvalue weighted by molar-refractivity contribution is 0.324. The van der Waals surface area contributed by atoms with Crippen LogP contribution in [0.25, 0.3) is 10.9 Å². The number of hydrogen-bond acceptors (Lipinski definition) is 3. The Morgan fingerprint density at radius 3 is 2.82 bits per heavy atom. The summed E-state index contributed by atoms with van der Waals surface area (Å²) in [7, 11) is 0. The fourth-order valence-corrected chi connectivity index (χ4v) is 2.48. The molecule has 0 radical (unpaired) electrons. The molecule has 1 aliphatic heterocycles. The van der Waals surface area contributed by atoms with Gasteiger partial charge in [-0.15, -0.1) is 0 Å². The Hall–Kier alpha value is -1.61. The van der Waals surface area contributed by atoms with Crippen LogP contribution >= 0.6 is 0 Å². The number of benzene rings is 1. The van der Waals surface area contributed by atoms with Gasteiger partial charge in [0.05, 0.1) is 0 Å². The van der Waals surface area contributed by atoms with Crippen LogP contribution in [0.3, 0.4) is 0 Å². The lowest BCUT2D eigenvalue weighted by Gasteiger charge is -2.16. The molecular formula is C14H16N2O. The maximum Gasteiger partial charge on any atom is 0.146 e. The van der Waals surface area contributed by atoms with Crippen molar-refractivity contribution in [3.63, 3.8) is 0 Å². The van der Waals surface area contributed by atoms with E-state index in [1.165, 1.54) is 12.8 Å². The van der Waals surface area contributed by atoms with Crippen molar-refractivity contribution in [2.24, 2.45) is 0 Å². The highest BCUT2D eigenvalue weighted by Crippen LogP contribution is 2.28. The van der Waals surface area contributed by atoms with Crippen molar-refractivity contribution in [2.45, 2.75) is 19.4 Å². The van der Waals surface area contributed by atoms with Crippen LogP contribution in [0.5, 0.6) is 5.75 Å². The Morgan fingerprint density at radius 1 is 1.18 bits per heavy atom. The molecule has 2 heterocycles. The maximum atomic E-state index is 10.2. The molecule has 2 aromatic rings. The zero-order valence-corrected chi connectivity index (χ0v) is 9.76. The Bertz CT molecular complexity index is 533. The van der Waals surface area contributed by atoms with Gasteiger partial charge in [-0.2, -0.15) is 0 Å². The van der Waals surface area contributed by atoms with Gasteiger partial charge < -0.3 is 5.11 Å². The van der Waals surface area contributed by atoms with Gasteiger partial charge in [0.2, 0.25) is 0 Å². The van der Waals surface area contributed by atoms with E-state index in [4.69, 9.17) is 0 Å². The summed E-state index contributed by atoms with van der Waals surface area (Å²) in [6.45, 7) is 3.11. The summed E-state index contributed by atoms with van der Waals surface area (Å²) in [6, 6.07) is 7.91. The van der Waals surface area contributed by atoms with Crippen LogP contribution in [0.2, 0.25) is 0 Å². The fraction of sp³-hybridized carbons (Fsp3) is 0.357. The second-order valence-electron chi connectivity index (χ2n) is 4.63. The van der Waals surface area contributed by atoms with E-state index in [-0.39, 0.29) is 0 Å². The number of pyridine rings is 1. The van der Waals surface area contributed by atoms with E-state index in [0.29, 0.717) is 11.3 Å². The van der Waals surface area contributed by atoms with Gasteiger partial charge in [-0.05, 0) is 32.0 Å². The molecule has 88 valence electrons. The highest BCUT2D eigenvalue weighted by Gasteiger charge is 2.15. The van der Waals surface area contributed by atoms with Crippen LogP contribution in [0.15, 0.2) is 30.5 Å². The van der Waals surface area contributed by atoms with E-state index in [0.717, 1.165) is 30.6 Å². The van der Waals surface area contributed by atoms with Gasteiger partial charge in [0.1, 0.15) is 11.3 Å². The molecule has 1 N–H and O–H groups in total. The minimum atomic E-state index is 0.343. The first kappa shape index (κ1) is 10.5. The van der Waals surface area contributed by atoms with E-state index in [1.807, 2.05) is 24.3 Å². The van der Waals surface area contributed by atoms with Crippen molar-refractivity contribution in [3.05, 3.63) is 36.0 Å². The van der Waals surface area contributed by atoms with E-state index >= 15 is 0 Å². The number of phenolic OH excluding ortho intramolecular Hbond substituents is 1. The van der Waals surface area contributed by atoms with E-state index in [2.05, 4.69) is 9.88 Å². The predicted octanol–water partition coefficient (Wildman–Crippen LogP) is 2.54. The van der Waals surface area contributed by atoms with Crippen LogP contribution in [0, 0.1) is 0 Å². The zero-order valence-electron chi connectivity index (χ0n) is 9.76. The van der Waals surface area contributed by atoms with Gasteiger partial charge in [0, 0.05) is 23.7 Å². The lowest BCUT2D eigenvalue weighted by atomic mass is 10.1. The molecular weight excluding hydrogens is 212 g/mol. The third-order valence-corrected chi connectivity index (χ3v) is 3.42. The molecule has 0 atom stereocenters. The number of rotatable bonds is 2. The van der Waals surface area contributed by atoms with Crippen LogP contribution in [-0.4, -0.2) is 28.1 Å². The van der Waals surface area contributed by atoms with Gasteiger partial charge in [-0.3, -0.25) is 9.88 Å². The van der Waals surface area contributed by atoms with Crippen molar-refractivity contribution in [3.8, 4) is 5.75 Å². The number of likely N-dealkylation sites (tertiary alicyclic amines) is 1. The molecule has 0 unspecified atom stereocenters. The topological polar surface area (TPSA) is 36.4 Å². The quantitative estimate of drug-likeness (QED) is 0.858. The predicted molar refractivity (Wildman–Crippen MR) is 67.9 cm³/mol. The van der Waals surface area contributed by atoms with Crippen molar-refractivity contribution in [1.82, 2.24) is 9.88 Å². The summed E-state index contributed by atoms with van der Waals surface area (Å²) in [5, 5.41) is 11.2. The van der Waals surface area contributed by atoms with Gasteiger partial charge in [0.25, 0.3) is 0 Å². The van der Waals surface area contributed by atoms with Crippen molar-refractivity contribution < 1.29 is 5.11 Å².